The SMILES string of the molecule is Cc1cc(Br)ccc1NC(=O)CS(=O)(=O)c1ccc(Cl)cc1. The molecule has 0 aliphatic rings. The van der Waals surface area contributed by atoms with Crippen molar-refractivity contribution in [3.05, 3.63) is 57.5 Å². The third-order valence-electron chi connectivity index (χ3n) is 2.96. The largest absolute Gasteiger partial charge is 0.325 e. The summed E-state index contributed by atoms with van der Waals surface area (Å²) in [5, 5.41) is 3.05. The van der Waals surface area contributed by atoms with Crippen LogP contribution in [-0.2, 0) is 14.6 Å². The van der Waals surface area contributed by atoms with E-state index in [-0.39, 0.29) is 4.90 Å². The van der Waals surface area contributed by atoms with Crippen molar-refractivity contribution in [2.45, 2.75) is 11.8 Å². The van der Waals surface area contributed by atoms with Crippen molar-refractivity contribution in [2.24, 2.45) is 0 Å². The summed E-state index contributed by atoms with van der Waals surface area (Å²) in [7, 11) is -3.70. The molecule has 4 nitrogen and oxygen atoms in total. The first-order valence-corrected chi connectivity index (χ1v) is 9.14. The molecule has 116 valence electrons. The fourth-order valence-corrected chi connectivity index (χ4v) is 3.59. The Morgan fingerprint density at radius 1 is 1.18 bits per heavy atom. The molecule has 2 aromatic rings. The van der Waals surface area contributed by atoms with Gasteiger partial charge in [0.2, 0.25) is 5.91 Å². The summed E-state index contributed by atoms with van der Waals surface area (Å²) in [5.74, 6) is -1.20. The monoisotopic (exact) mass is 401 g/mol. The van der Waals surface area contributed by atoms with E-state index in [1.165, 1.54) is 24.3 Å². The van der Waals surface area contributed by atoms with Crippen LogP contribution in [-0.4, -0.2) is 20.1 Å². The van der Waals surface area contributed by atoms with Crippen molar-refractivity contribution in [3.8, 4) is 0 Å². The van der Waals surface area contributed by atoms with Crippen LogP contribution >= 0.6 is 27.5 Å². The summed E-state index contributed by atoms with van der Waals surface area (Å²) >= 11 is 9.06. The zero-order chi connectivity index (χ0) is 16.3. The minimum atomic E-state index is -3.70. The molecule has 2 rings (SSSR count). The van der Waals surface area contributed by atoms with Gasteiger partial charge in [0.15, 0.2) is 9.84 Å². The summed E-state index contributed by atoms with van der Waals surface area (Å²) in [4.78, 5) is 12.0. The third-order valence-corrected chi connectivity index (χ3v) is 5.33. The standard InChI is InChI=1S/C15H13BrClNO3S/c1-10-8-11(16)2-7-14(10)18-15(19)9-22(20,21)13-5-3-12(17)4-6-13/h2-8H,9H2,1H3,(H,18,19). The van der Waals surface area contributed by atoms with Crippen LogP contribution in [0.1, 0.15) is 5.56 Å². The van der Waals surface area contributed by atoms with Crippen molar-refractivity contribution < 1.29 is 13.2 Å². The highest BCUT2D eigenvalue weighted by Gasteiger charge is 2.19. The number of carbonyl (C=O) groups is 1. The summed E-state index contributed by atoms with van der Waals surface area (Å²) in [6.07, 6.45) is 0. The molecule has 0 atom stereocenters. The van der Waals surface area contributed by atoms with Gasteiger partial charge in [-0.2, -0.15) is 0 Å². The van der Waals surface area contributed by atoms with E-state index in [0.29, 0.717) is 10.7 Å². The Morgan fingerprint density at radius 3 is 2.41 bits per heavy atom. The molecule has 0 fully saturated rings. The van der Waals surface area contributed by atoms with Gasteiger partial charge >= 0.3 is 0 Å². The first-order chi connectivity index (χ1) is 10.3. The number of sulfone groups is 1. The third kappa shape index (κ3) is 4.32. The first kappa shape index (κ1) is 17.0. The molecule has 0 aromatic heterocycles. The van der Waals surface area contributed by atoms with Crippen LogP contribution in [0.3, 0.4) is 0 Å². The minimum Gasteiger partial charge on any atom is -0.325 e. The molecular formula is C15H13BrClNO3S. The molecule has 0 saturated carbocycles. The molecule has 1 amide bonds. The summed E-state index contributed by atoms with van der Waals surface area (Å²) < 4.78 is 25.2. The number of hydrogen-bond donors (Lipinski definition) is 1. The number of halogens is 2. The smallest absolute Gasteiger partial charge is 0.239 e. The zero-order valence-electron chi connectivity index (χ0n) is 11.6. The number of hydrogen-bond acceptors (Lipinski definition) is 3. The molecular weight excluding hydrogens is 390 g/mol. The lowest BCUT2D eigenvalue weighted by Gasteiger charge is -2.09. The van der Waals surface area contributed by atoms with E-state index in [1.807, 2.05) is 13.0 Å². The van der Waals surface area contributed by atoms with Gasteiger partial charge in [-0.15, -0.1) is 0 Å². The van der Waals surface area contributed by atoms with E-state index in [1.54, 1.807) is 12.1 Å². The van der Waals surface area contributed by atoms with Crippen molar-refractivity contribution in [3.63, 3.8) is 0 Å². The Hall–Kier alpha value is -1.37. The molecule has 0 spiro atoms. The Kier molecular flexibility index (Phi) is 5.26. The molecule has 0 aliphatic heterocycles. The number of benzene rings is 2. The van der Waals surface area contributed by atoms with Gasteiger partial charge in [-0.1, -0.05) is 27.5 Å². The van der Waals surface area contributed by atoms with E-state index in [4.69, 9.17) is 11.6 Å². The minimum absolute atomic E-state index is 0.0691. The van der Waals surface area contributed by atoms with Gasteiger partial charge in [0, 0.05) is 15.2 Å². The maximum absolute atomic E-state index is 12.2. The molecule has 0 radical (unpaired) electrons. The zero-order valence-corrected chi connectivity index (χ0v) is 14.8. The van der Waals surface area contributed by atoms with Crippen molar-refractivity contribution >= 4 is 49.0 Å². The van der Waals surface area contributed by atoms with Crippen molar-refractivity contribution in [1.82, 2.24) is 0 Å². The number of aryl methyl sites for hydroxylation is 1. The molecule has 0 aliphatic carbocycles. The Bertz CT molecular complexity index is 804. The number of anilines is 1. The van der Waals surface area contributed by atoms with Crippen LogP contribution in [0.4, 0.5) is 5.69 Å². The molecule has 2 aromatic carbocycles. The molecule has 0 unspecified atom stereocenters. The maximum Gasteiger partial charge on any atom is 0.239 e. The van der Waals surface area contributed by atoms with E-state index >= 15 is 0 Å². The second-order valence-electron chi connectivity index (χ2n) is 4.72. The Morgan fingerprint density at radius 2 is 1.82 bits per heavy atom. The van der Waals surface area contributed by atoms with Crippen LogP contribution in [0, 0.1) is 6.92 Å². The number of rotatable bonds is 4. The summed E-state index contributed by atoms with van der Waals surface area (Å²) in [6.45, 7) is 1.83. The Labute approximate surface area is 142 Å². The van der Waals surface area contributed by atoms with Gasteiger partial charge < -0.3 is 5.32 Å². The van der Waals surface area contributed by atoms with Crippen molar-refractivity contribution in [1.29, 1.82) is 0 Å². The normalized spacial score (nSPS) is 11.2. The highest BCUT2D eigenvalue weighted by atomic mass is 79.9. The summed E-state index contributed by atoms with van der Waals surface area (Å²) in [6, 6.07) is 11.0. The molecule has 22 heavy (non-hydrogen) atoms. The van der Waals surface area contributed by atoms with Gasteiger partial charge in [0.1, 0.15) is 5.75 Å². The fraction of sp³-hybridized carbons (Fsp3) is 0.133. The van der Waals surface area contributed by atoms with Crippen LogP contribution in [0.5, 0.6) is 0 Å². The predicted molar refractivity (Wildman–Crippen MR) is 91.0 cm³/mol. The van der Waals surface area contributed by atoms with E-state index in [0.717, 1.165) is 10.0 Å². The van der Waals surface area contributed by atoms with Gasteiger partial charge in [0.25, 0.3) is 0 Å². The summed E-state index contributed by atoms with van der Waals surface area (Å²) in [5.41, 5.74) is 1.42. The lowest BCUT2D eigenvalue weighted by atomic mass is 10.2. The van der Waals surface area contributed by atoms with Crippen molar-refractivity contribution in [2.75, 3.05) is 11.1 Å². The van der Waals surface area contributed by atoms with Crippen LogP contribution in [0.15, 0.2) is 51.8 Å². The molecule has 1 N–H and O–H groups in total. The van der Waals surface area contributed by atoms with Gasteiger partial charge in [0.05, 0.1) is 4.90 Å². The second kappa shape index (κ2) is 6.81. The molecule has 0 saturated heterocycles. The lowest BCUT2D eigenvalue weighted by Crippen LogP contribution is -2.23. The molecule has 0 heterocycles. The van der Waals surface area contributed by atoms with Crippen LogP contribution in [0.25, 0.3) is 0 Å². The first-order valence-electron chi connectivity index (χ1n) is 6.32. The second-order valence-corrected chi connectivity index (χ2v) is 8.06. The Balaban J connectivity index is 2.12. The van der Waals surface area contributed by atoms with E-state index < -0.39 is 21.5 Å². The molecule has 7 heteroatoms. The number of nitrogens with one attached hydrogen (secondary N) is 1. The number of carbonyl (C=O) groups excluding carboxylic acids is 1. The van der Waals surface area contributed by atoms with E-state index in [2.05, 4.69) is 21.2 Å². The van der Waals surface area contributed by atoms with Gasteiger partial charge in [-0.3, -0.25) is 4.79 Å². The van der Waals surface area contributed by atoms with Crippen LogP contribution < -0.4 is 5.32 Å². The average Bonchev–Trinajstić information content (AvgIpc) is 2.42. The topological polar surface area (TPSA) is 63.2 Å². The average molecular weight is 403 g/mol. The molecule has 0 bridgehead atoms. The fourth-order valence-electron chi connectivity index (χ4n) is 1.85. The van der Waals surface area contributed by atoms with Gasteiger partial charge in [-0.25, -0.2) is 8.42 Å². The highest BCUT2D eigenvalue weighted by molar-refractivity contribution is 9.10. The maximum atomic E-state index is 12.2. The number of amides is 1. The van der Waals surface area contributed by atoms with E-state index in [9.17, 15) is 13.2 Å². The quantitative estimate of drug-likeness (QED) is 0.845. The predicted octanol–water partition coefficient (Wildman–Crippen LogP) is 3.82. The van der Waals surface area contributed by atoms with Crippen LogP contribution in [0.2, 0.25) is 5.02 Å². The van der Waals surface area contributed by atoms with Gasteiger partial charge in [-0.05, 0) is 55.0 Å². The lowest BCUT2D eigenvalue weighted by molar-refractivity contribution is -0.113. The highest BCUT2D eigenvalue weighted by Crippen LogP contribution is 2.20.